The van der Waals surface area contributed by atoms with Crippen molar-refractivity contribution in [3.8, 4) is 11.5 Å². The van der Waals surface area contributed by atoms with Gasteiger partial charge in [0.2, 0.25) is 5.91 Å². The highest BCUT2D eigenvalue weighted by molar-refractivity contribution is 5.96. The van der Waals surface area contributed by atoms with Gasteiger partial charge in [0.1, 0.15) is 6.54 Å². The maximum Gasteiger partial charge on any atom is 0.437 e. The topological polar surface area (TPSA) is 81.2 Å². The Morgan fingerprint density at radius 3 is 2.92 bits per heavy atom. The molecular weight excluding hydrogens is 320 g/mol. The number of rotatable bonds is 3. The number of pyridine rings is 1. The van der Waals surface area contributed by atoms with Gasteiger partial charge in [0, 0.05) is 24.1 Å². The van der Waals surface area contributed by atoms with Crippen molar-refractivity contribution in [3.05, 3.63) is 64.9 Å². The Hall–Kier alpha value is -3.22. The molecule has 25 heavy (non-hydrogen) atoms. The van der Waals surface area contributed by atoms with Gasteiger partial charge in [0.05, 0.1) is 5.56 Å². The van der Waals surface area contributed by atoms with Gasteiger partial charge < -0.3 is 9.32 Å². The van der Waals surface area contributed by atoms with Gasteiger partial charge in [0.15, 0.2) is 0 Å². The van der Waals surface area contributed by atoms with Gasteiger partial charge in [-0.05, 0) is 37.1 Å². The number of hydrogen-bond donors (Lipinski definition) is 0. The second kappa shape index (κ2) is 6.01. The molecule has 126 valence electrons. The molecule has 0 bridgehead atoms. The number of amides is 1. The van der Waals surface area contributed by atoms with Gasteiger partial charge in [-0.2, -0.15) is 4.68 Å². The summed E-state index contributed by atoms with van der Waals surface area (Å²) in [5.74, 6) is -0.696. The second-order valence-corrected chi connectivity index (χ2v) is 6.02. The van der Waals surface area contributed by atoms with Crippen LogP contribution < -0.4 is 10.7 Å². The number of benzene rings is 1. The van der Waals surface area contributed by atoms with Crippen molar-refractivity contribution in [3.63, 3.8) is 0 Å². The summed E-state index contributed by atoms with van der Waals surface area (Å²) in [7, 11) is 0. The van der Waals surface area contributed by atoms with E-state index in [1.807, 2.05) is 31.2 Å². The number of anilines is 1. The van der Waals surface area contributed by atoms with Crippen LogP contribution >= 0.6 is 0 Å². The van der Waals surface area contributed by atoms with E-state index in [-0.39, 0.29) is 24.4 Å². The average molecular weight is 336 g/mol. The van der Waals surface area contributed by atoms with E-state index >= 15 is 0 Å². The Kier molecular flexibility index (Phi) is 3.68. The lowest BCUT2D eigenvalue weighted by Gasteiger charge is -2.22. The fourth-order valence-corrected chi connectivity index (χ4v) is 3.16. The summed E-state index contributed by atoms with van der Waals surface area (Å²) >= 11 is 0. The fraction of sp³-hybridized carbons (Fsp3) is 0.222. The maximum atomic E-state index is 12.8. The molecule has 1 aliphatic rings. The number of aromatic nitrogens is 3. The summed E-state index contributed by atoms with van der Waals surface area (Å²) in [6.45, 7) is 1.83. The first-order valence-corrected chi connectivity index (χ1v) is 8.02. The minimum Gasteiger partial charge on any atom is -0.388 e. The minimum absolute atomic E-state index is 0.0466. The second-order valence-electron chi connectivity index (χ2n) is 6.02. The predicted molar refractivity (Wildman–Crippen MR) is 91.1 cm³/mol. The lowest BCUT2D eigenvalue weighted by atomic mass is 10.1. The van der Waals surface area contributed by atoms with E-state index in [1.54, 1.807) is 29.4 Å². The van der Waals surface area contributed by atoms with Crippen molar-refractivity contribution >= 4 is 11.6 Å². The highest BCUT2D eigenvalue weighted by Crippen LogP contribution is 2.31. The van der Waals surface area contributed by atoms with Gasteiger partial charge in [-0.3, -0.25) is 9.78 Å². The molecule has 1 aliphatic heterocycles. The highest BCUT2D eigenvalue weighted by Gasteiger charge is 2.31. The van der Waals surface area contributed by atoms with Crippen molar-refractivity contribution in [2.45, 2.75) is 25.9 Å². The third kappa shape index (κ3) is 2.73. The smallest absolute Gasteiger partial charge is 0.388 e. The van der Waals surface area contributed by atoms with Gasteiger partial charge in [-0.1, -0.05) is 18.2 Å². The van der Waals surface area contributed by atoms with E-state index in [0.717, 1.165) is 22.4 Å². The van der Waals surface area contributed by atoms with E-state index in [2.05, 4.69) is 10.1 Å². The van der Waals surface area contributed by atoms with Crippen LogP contribution in [-0.4, -0.2) is 26.7 Å². The van der Waals surface area contributed by atoms with Crippen molar-refractivity contribution in [1.82, 2.24) is 14.8 Å². The number of para-hydroxylation sites is 1. The zero-order valence-electron chi connectivity index (χ0n) is 13.6. The summed E-state index contributed by atoms with van der Waals surface area (Å²) in [5, 5.41) is 4.12. The maximum absolute atomic E-state index is 12.8. The van der Waals surface area contributed by atoms with Crippen LogP contribution in [-0.2, 0) is 17.8 Å². The van der Waals surface area contributed by atoms with Crippen LogP contribution in [0.1, 0.15) is 12.5 Å². The molecule has 7 heteroatoms. The Morgan fingerprint density at radius 1 is 1.28 bits per heavy atom. The summed E-state index contributed by atoms with van der Waals surface area (Å²) in [5.41, 5.74) is 2.61. The van der Waals surface area contributed by atoms with Gasteiger partial charge >= 0.3 is 5.76 Å². The number of nitrogens with zero attached hydrogens (tertiary/aromatic N) is 4. The van der Waals surface area contributed by atoms with Crippen LogP contribution in [0.15, 0.2) is 58.0 Å². The van der Waals surface area contributed by atoms with Crippen molar-refractivity contribution < 1.29 is 9.21 Å². The molecule has 3 aromatic rings. The fourth-order valence-electron chi connectivity index (χ4n) is 3.16. The normalized spacial score (nSPS) is 16.0. The molecule has 0 spiro atoms. The van der Waals surface area contributed by atoms with Crippen LogP contribution in [0.25, 0.3) is 11.5 Å². The zero-order valence-corrected chi connectivity index (χ0v) is 13.6. The van der Waals surface area contributed by atoms with Crippen LogP contribution in [0.4, 0.5) is 5.69 Å². The molecule has 3 heterocycles. The van der Waals surface area contributed by atoms with E-state index in [1.165, 1.54) is 0 Å². The van der Waals surface area contributed by atoms with Gasteiger partial charge in [-0.15, -0.1) is 5.10 Å². The van der Waals surface area contributed by atoms with Gasteiger partial charge in [0.25, 0.3) is 5.89 Å². The third-order valence-corrected chi connectivity index (χ3v) is 4.28. The number of carbonyl (C=O) groups excluding carboxylic acids is 1. The minimum atomic E-state index is -0.660. The van der Waals surface area contributed by atoms with Crippen molar-refractivity contribution in [1.29, 1.82) is 0 Å². The zero-order chi connectivity index (χ0) is 17.4. The first kappa shape index (κ1) is 15.3. The molecule has 1 aromatic carbocycles. The first-order valence-electron chi connectivity index (χ1n) is 8.02. The van der Waals surface area contributed by atoms with E-state index in [4.69, 9.17) is 4.42 Å². The van der Waals surface area contributed by atoms with E-state index in [9.17, 15) is 9.59 Å². The summed E-state index contributed by atoms with van der Waals surface area (Å²) in [6, 6.07) is 11.3. The molecule has 0 aliphatic carbocycles. The summed E-state index contributed by atoms with van der Waals surface area (Å²) in [6.07, 6.45) is 3.97. The van der Waals surface area contributed by atoms with Gasteiger partial charge in [-0.25, -0.2) is 4.79 Å². The molecule has 0 radical (unpaired) electrons. The lowest BCUT2D eigenvalue weighted by Crippen LogP contribution is -2.39. The third-order valence-electron chi connectivity index (χ3n) is 4.28. The SMILES string of the molecule is C[C@@H]1Cc2ccccc2N1C(=O)Cn1nc(-c2cccnc2)oc1=O. The molecule has 0 saturated carbocycles. The molecule has 0 saturated heterocycles. The summed E-state index contributed by atoms with van der Waals surface area (Å²) in [4.78, 5) is 30.5. The van der Waals surface area contributed by atoms with Crippen LogP contribution in [0.2, 0.25) is 0 Å². The Balaban J connectivity index is 1.60. The lowest BCUT2D eigenvalue weighted by molar-refractivity contribution is -0.119. The Bertz CT molecular complexity index is 977. The van der Waals surface area contributed by atoms with Crippen LogP contribution in [0.5, 0.6) is 0 Å². The summed E-state index contributed by atoms with van der Waals surface area (Å²) < 4.78 is 6.20. The molecule has 0 fully saturated rings. The Morgan fingerprint density at radius 2 is 2.12 bits per heavy atom. The molecule has 0 unspecified atom stereocenters. The predicted octanol–water partition coefficient (Wildman–Crippen LogP) is 1.88. The number of hydrogen-bond acceptors (Lipinski definition) is 5. The first-order chi connectivity index (χ1) is 12.1. The molecule has 1 amide bonds. The number of fused-ring (bicyclic) bond motifs is 1. The monoisotopic (exact) mass is 336 g/mol. The molecule has 1 atom stereocenters. The highest BCUT2D eigenvalue weighted by atomic mass is 16.4. The Labute approximate surface area is 143 Å². The largest absolute Gasteiger partial charge is 0.437 e. The quantitative estimate of drug-likeness (QED) is 0.729. The molecule has 2 aromatic heterocycles. The van der Waals surface area contributed by atoms with E-state index < -0.39 is 5.76 Å². The average Bonchev–Trinajstić information content (AvgIpc) is 3.15. The standard InChI is InChI=1S/C18H16N4O3/c1-12-9-13-5-2-3-7-15(13)22(12)16(23)11-21-18(24)25-17(20-21)14-6-4-8-19-10-14/h2-8,10,12H,9,11H2,1H3/t12-/m1/s1. The van der Waals surface area contributed by atoms with Crippen LogP contribution in [0, 0.1) is 0 Å². The van der Waals surface area contributed by atoms with Crippen molar-refractivity contribution in [2.75, 3.05) is 4.90 Å². The molecule has 7 nitrogen and oxygen atoms in total. The van der Waals surface area contributed by atoms with Crippen LogP contribution in [0.3, 0.4) is 0 Å². The molecule has 4 rings (SSSR count). The van der Waals surface area contributed by atoms with E-state index in [0.29, 0.717) is 5.56 Å². The van der Waals surface area contributed by atoms with Crippen molar-refractivity contribution in [2.24, 2.45) is 0 Å². The molecular formula is C18H16N4O3. The molecule has 0 N–H and O–H groups in total. The number of carbonyl (C=O) groups is 1.